The van der Waals surface area contributed by atoms with E-state index in [1.807, 2.05) is 0 Å². The van der Waals surface area contributed by atoms with Gasteiger partial charge in [0.15, 0.2) is 0 Å². The average molecular weight is 377 g/mol. The minimum absolute atomic E-state index is 0.169. The van der Waals surface area contributed by atoms with E-state index >= 15 is 0 Å². The highest BCUT2D eigenvalue weighted by molar-refractivity contribution is 7.86. The number of hydrogen-bond acceptors (Lipinski definition) is 3. The fraction of sp³-hybridized carbons (Fsp3) is 1.00. The maximum absolute atomic E-state index is 11.1. The maximum Gasteiger partial charge on any atom is 0.267 e. The standard InChI is InChI=1S/C21H44O3S/c1-3-4-5-6-7-8-9-10-11-12-13-14-15-16-17-18-19-20-21-25(22,23)24-2/h3-21H2,1-2H3. The molecule has 0 amide bonds. The van der Waals surface area contributed by atoms with Crippen LogP contribution in [-0.4, -0.2) is 21.3 Å². The molecule has 3 nitrogen and oxygen atoms in total. The minimum Gasteiger partial charge on any atom is -0.273 e. The van der Waals surface area contributed by atoms with Crippen molar-refractivity contribution in [3.63, 3.8) is 0 Å². The predicted octanol–water partition coefficient (Wildman–Crippen LogP) is 7.00. The SMILES string of the molecule is CCCCCCCCCCCCCCCCCCCCS(=O)(=O)OC. The van der Waals surface area contributed by atoms with Crippen LogP contribution in [0.15, 0.2) is 0 Å². The lowest BCUT2D eigenvalue weighted by Crippen LogP contribution is -2.07. The predicted molar refractivity (Wildman–Crippen MR) is 110 cm³/mol. The molecule has 0 unspecified atom stereocenters. The van der Waals surface area contributed by atoms with Crippen LogP contribution in [0, 0.1) is 0 Å². The van der Waals surface area contributed by atoms with Crippen molar-refractivity contribution < 1.29 is 12.6 Å². The van der Waals surface area contributed by atoms with Gasteiger partial charge >= 0.3 is 0 Å². The first-order valence-corrected chi connectivity index (χ1v) is 12.5. The zero-order valence-corrected chi connectivity index (χ0v) is 17.9. The van der Waals surface area contributed by atoms with Crippen LogP contribution in [0.5, 0.6) is 0 Å². The second-order valence-electron chi connectivity index (χ2n) is 7.44. The molecule has 0 saturated heterocycles. The van der Waals surface area contributed by atoms with Gasteiger partial charge in [-0.2, -0.15) is 8.42 Å². The van der Waals surface area contributed by atoms with Gasteiger partial charge in [0.2, 0.25) is 0 Å². The number of rotatable bonds is 20. The smallest absolute Gasteiger partial charge is 0.267 e. The topological polar surface area (TPSA) is 43.4 Å². The van der Waals surface area contributed by atoms with E-state index in [1.54, 1.807) is 0 Å². The van der Waals surface area contributed by atoms with E-state index in [4.69, 9.17) is 0 Å². The van der Waals surface area contributed by atoms with E-state index in [9.17, 15) is 8.42 Å². The second-order valence-corrected chi connectivity index (χ2v) is 9.30. The Balaban J connectivity index is 3.07. The molecule has 0 aliphatic rings. The first kappa shape index (κ1) is 24.9. The Kier molecular flexibility index (Phi) is 18.6. The van der Waals surface area contributed by atoms with Crippen LogP contribution in [0.1, 0.15) is 122 Å². The van der Waals surface area contributed by atoms with Crippen molar-refractivity contribution >= 4 is 10.1 Å². The summed E-state index contributed by atoms with van der Waals surface area (Å²) in [4.78, 5) is 0. The van der Waals surface area contributed by atoms with Gasteiger partial charge in [0.25, 0.3) is 10.1 Å². The molecule has 0 rings (SSSR count). The Hall–Kier alpha value is -0.0900. The molecule has 0 N–H and O–H groups in total. The number of hydrogen-bond donors (Lipinski definition) is 0. The van der Waals surface area contributed by atoms with Gasteiger partial charge in [-0.25, -0.2) is 0 Å². The molecule has 0 saturated carbocycles. The summed E-state index contributed by atoms with van der Waals surface area (Å²) >= 11 is 0. The number of unbranched alkanes of at least 4 members (excludes halogenated alkanes) is 17. The van der Waals surface area contributed by atoms with Crippen LogP contribution in [0.25, 0.3) is 0 Å². The average Bonchev–Trinajstić information content (AvgIpc) is 2.60. The largest absolute Gasteiger partial charge is 0.273 e. The van der Waals surface area contributed by atoms with Gasteiger partial charge in [-0.1, -0.05) is 116 Å². The molecule has 152 valence electrons. The Labute approximate surface area is 158 Å². The van der Waals surface area contributed by atoms with Crippen molar-refractivity contribution in [2.75, 3.05) is 12.9 Å². The van der Waals surface area contributed by atoms with Crippen LogP contribution < -0.4 is 0 Å². The highest BCUT2D eigenvalue weighted by Crippen LogP contribution is 2.14. The Morgan fingerprint density at radius 3 is 1.08 bits per heavy atom. The van der Waals surface area contributed by atoms with Crippen molar-refractivity contribution in [1.82, 2.24) is 0 Å². The van der Waals surface area contributed by atoms with E-state index in [-0.39, 0.29) is 5.75 Å². The van der Waals surface area contributed by atoms with E-state index in [0.717, 1.165) is 19.3 Å². The molecule has 0 aromatic rings. The molecule has 0 aliphatic heterocycles. The van der Waals surface area contributed by atoms with Crippen molar-refractivity contribution in [2.24, 2.45) is 0 Å². The minimum atomic E-state index is -3.24. The maximum atomic E-state index is 11.1. The summed E-state index contributed by atoms with van der Waals surface area (Å²) in [7, 11) is -2.00. The molecule has 25 heavy (non-hydrogen) atoms. The third-order valence-corrected chi connectivity index (χ3v) is 6.30. The molecule has 0 bridgehead atoms. The van der Waals surface area contributed by atoms with Gasteiger partial charge in [-0.05, 0) is 6.42 Å². The van der Waals surface area contributed by atoms with Crippen molar-refractivity contribution in [2.45, 2.75) is 122 Å². The van der Waals surface area contributed by atoms with E-state index < -0.39 is 10.1 Å². The summed E-state index contributed by atoms with van der Waals surface area (Å²) in [5, 5.41) is 0. The molecule has 0 aliphatic carbocycles. The van der Waals surface area contributed by atoms with Crippen LogP contribution in [-0.2, 0) is 14.3 Å². The Bertz CT molecular complexity index is 352. The highest BCUT2D eigenvalue weighted by Gasteiger charge is 2.06. The Morgan fingerprint density at radius 2 is 0.800 bits per heavy atom. The molecule has 4 heteroatoms. The highest BCUT2D eigenvalue weighted by atomic mass is 32.2. The zero-order valence-electron chi connectivity index (χ0n) is 17.1. The summed E-state index contributed by atoms with van der Waals surface area (Å²) < 4.78 is 26.7. The summed E-state index contributed by atoms with van der Waals surface area (Å²) in [5.74, 6) is 0.169. The van der Waals surface area contributed by atoms with Crippen LogP contribution in [0.2, 0.25) is 0 Å². The molecule has 0 fully saturated rings. The van der Waals surface area contributed by atoms with Crippen LogP contribution >= 0.6 is 0 Å². The van der Waals surface area contributed by atoms with Crippen LogP contribution in [0.4, 0.5) is 0 Å². The molecular weight excluding hydrogens is 332 g/mol. The zero-order chi connectivity index (χ0) is 18.6. The van der Waals surface area contributed by atoms with Crippen molar-refractivity contribution in [3.05, 3.63) is 0 Å². The summed E-state index contributed by atoms with van der Waals surface area (Å²) in [6, 6.07) is 0. The lowest BCUT2D eigenvalue weighted by molar-refractivity contribution is 0.396. The molecule has 0 radical (unpaired) electrons. The fourth-order valence-electron chi connectivity index (χ4n) is 3.26. The Morgan fingerprint density at radius 1 is 0.520 bits per heavy atom. The van der Waals surface area contributed by atoms with Crippen molar-refractivity contribution in [1.29, 1.82) is 0 Å². The third kappa shape index (κ3) is 20.1. The lowest BCUT2D eigenvalue weighted by Gasteiger charge is -2.04. The lowest BCUT2D eigenvalue weighted by atomic mass is 10.0. The quantitative estimate of drug-likeness (QED) is 0.170. The first-order valence-electron chi connectivity index (χ1n) is 10.9. The van der Waals surface area contributed by atoms with Crippen LogP contribution in [0.3, 0.4) is 0 Å². The summed E-state index contributed by atoms with van der Waals surface area (Å²) in [6.45, 7) is 2.28. The van der Waals surface area contributed by atoms with Gasteiger partial charge in [-0.15, -0.1) is 0 Å². The normalized spacial score (nSPS) is 11.9. The summed E-state index contributed by atoms with van der Waals surface area (Å²) in [5.41, 5.74) is 0. The second kappa shape index (κ2) is 18.7. The van der Waals surface area contributed by atoms with Gasteiger partial charge in [0.05, 0.1) is 12.9 Å². The molecule has 0 atom stereocenters. The fourth-order valence-corrected chi connectivity index (χ4v) is 3.99. The van der Waals surface area contributed by atoms with Gasteiger partial charge in [-0.3, -0.25) is 4.18 Å². The molecular formula is C21H44O3S. The van der Waals surface area contributed by atoms with Gasteiger partial charge < -0.3 is 0 Å². The molecule has 0 heterocycles. The molecule has 0 aromatic carbocycles. The van der Waals surface area contributed by atoms with E-state index in [1.165, 1.54) is 103 Å². The van der Waals surface area contributed by atoms with E-state index in [0.29, 0.717) is 0 Å². The molecule has 0 aromatic heterocycles. The molecule has 0 spiro atoms. The summed E-state index contributed by atoms with van der Waals surface area (Å²) in [6.07, 6.45) is 23.7. The van der Waals surface area contributed by atoms with Gasteiger partial charge in [0.1, 0.15) is 0 Å². The monoisotopic (exact) mass is 376 g/mol. The van der Waals surface area contributed by atoms with E-state index in [2.05, 4.69) is 11.1 Å². The first-order chi connectivity index (χ1) is 12.1. The van der Waals surface area contributed by atoms with Gasteiger partial charge in [0, 0.05) is 0 Å². The third-order valence-electron chi connectivity index (χ3n) is 5.00. The van der Waals surface area contributed by atoms with Crippen molar-refractivity contribution in [3.8, 4) is 0 Å².